The summed E-state index contributed by atoms with van der Waals surface area (Å²) in [4.78, 5) is 57.5. The van der Waals surface area contributed by atoms with Crippen molar-refractivity contribution in [3.05, 3.63) is 99.3 Å². The number of rotatable bonds is 4. The molecule has 1 spiro atoms. The number of fused-ring (bicyclic) bond motifs is 2. The van der Waals surface area contributed by atoms with Crippen LogP contribution < -0.4 is 5.32 Å². The minimum atomic E-state index is -0.734. The summed E-state index contributed by atoms with van der Waals surface area (Å²) in [7, 11) is 0. The molecule has 2 saturated heterocycles. The number of piperidine rings is 1. The van der Waals surface area contributed by atoms with Crippen molar-refractivity contribution in [3.63, 3.8) is 0 Å². The number of hydrogen-bond acceptors (Lipinski definition) is 8. The Morgan fingerprint density at radius 1 is 0.927 bits per heavy atom. The Morgan fingerprint density at radius 3 is 2.45 bits per heavy atom. The zero-order chi connectivity index (χ0) is 38.0. The van der Waals surface area contributed by atoms with Crippen LogP contribution in [0.4, 0.5) is 5.82 Å². The van der Waals surface area contributed by atoms with E-state index >= 15 is 0 Å². The van der Waals surface area contributed by atoms with Gasteiger partial charge in [0.2, 0.25) is 11.8 Å². The molecule has 282 valence electrons. The molecule has 2 aromatic carbocycles. The summed E-state index contributed by atoms with van der Waals surface area (Å²) in [6.07, 6.45) is 10.8. The van der Waals surface area contributed by atoms with Gasteiger partial charge in [-0.25, -0.2) is 15.0 Å². The molecule has 0 radical (unpaired) electrons. The molecule has 5 bridgehead atoms. The third kappa shape index (κ3) is 6.36. The van der Waals surface area contributed by atoms with Crippen LogP contribution in [0, 0.1) is 31.1 Å². The van der Waals surface area contributed by atoms with Crippen LogP contribution in [0.3, 0.4) is 0 Å². The number of hydrogen-bond donors (Lipinski definition) is 1. The number of amides is 2. The largest absolute Gasteiger partial charge is 0.376 e. The summed E-state index contributed by atoms with van der Waals surface area (Å²) in [5.74, 6) is 0.897. The summed E-state index contributed by atoms with van der Waals surface area (Å²) < 4.78 is 8.76. The van der Waals surface area contributed by atoms with Gasteiger partial charge >= 0.3 is 0 Å². The maximum Gasteiger partial charge on any atom is 0.249 e. The van der Waals surface area contributed by atoms with Gasteiger partial charge in [0.05, 0.1) is 18.7 Å². The van der Waals surface area contributed by atoms with Crippen LogP contribution in [0.1, 0.15) is 77.6 Å². The van der Waals surface area contributed by atoms with E-state index in [9.17, 15) is 14.4 Å². The number of halogens is 1. The van der Waals surface area contributed by atoms with Gasteiger partial charge in [0, 0.05) is 41.7 Å². The molecule has 2 saturated carbocycles. The molecule has 3 aromatic heterocycles. The van der Waals surface area contributed by atoms with Crippen molar-refractivity contribution in [2.45, 2.75) is 91.0 Å². The number of ketones is 1. The van der Waals surface area contributed by atoms with Crippen molar-refractivity contribution < 1.29 is 19.1 Å². The first-order valence-corrected chi connectivity index (χ1v) is 20.2. The van der Waals surface area contributed by atoms with Crippen molar-refractivity contribution in [1.82, 2.24) is 29.6 Å². The lowest BCUT2D eigenvalue weighted by molar-refractivity contribution is -0.138. The summed E-state index contributed by atoms with van der Waals surface area (Å²) >= 11 is 3.44. The summed E-state index contributed by atoms with van der Waals surface area (Å²) in [6.45, 7) is 6.00. The second kappa shape index (κ2) is 14.0. The van der Waals surface area contributed by atoms with E-state index in [-0.39, 0.29) is 42.0 Å². The third-order valence-corrected chi connectivity index (χ3v) is 12.7. The first-order valence-electron chi connectivity index (χ1n) is 19.4. The highest BCUT2D eigenvalue weighted by atomic mass is 79.9. The molecule has 2 amide bonds. The molecule has 1 unspecified atom stereocenters. The van der Waals surface area contributed by atoms with Gasteiger partial charge < -0.3 is 15.0 Å². The number of aryl methyl sites for hydroxylation is 4. The molecule has 1 N–H and O–H groups in total. The van der Waals surface area contributed by atoms with Gasteiger partial charge in [-0.15, -0.1) is 0 Å². The Hall–Kier alpha value is -4.81. The van der Waals surface area contributed by atoms with Crippen molar-refractivity contribution in [2.24, 2.45) is 17.3 Å². The average Bonchev–Trinajstić information content (AvgIpc) is 3.93. The van der Waals surface area contributed by atoms with E-state index in [1.165, 1.54) is 12.5 Å². The van der Waals surface area contributed by atoms with Crippen molar-refractivity contribution in [2.75, 3.05) is 11.9 Å². The number of Topliss-reactive ketones (excluding diaryl/α,β-unsaturated/α-hetero) is 1. The molecular weight excluding hydrogens is 758 g/mol. The molecule has 10 rings (SSSR count). The average molecular weight is 803 g/mol. The molecule has 5 aromatic rings. The van der Waals surface area contributed by atoms with Crippen LogP contribution in [0.2, 0.25) is 0 Å². The van der Waals surface area contributed by atoms with Crippen LogP contribution in [0.5, 0.6) is 0 Å². The lowest BCUT2D eigenvalue weighted by Gasteiger charge is -2.28. The van der Waals surface area contributed by atoms with Crippen LogP contribution in [0.25, 0.3) is 22.0 Å². The van der Waals surface area contributed by atoms with E-state index in [0.29, 0.717) is 40.5 Å². The molecule has 55 heavy (non-hydrogen) atoms. The molecule has 5 aliphatic rings. The zero-order valence-corrected chi connectivity index (χ0v) is 32.9. The summed E-state index contributed by atoms with van der Waals surface area (Å²) in [5, 5.41) is 8.61. The van der Waals surface area contributed by atoms with Gasteiger partial charge in [0.15, 0.2) is 5.78 Å². The number of nitrogens with one attached hydrogen (secondary N) is 1. The highest BCUT2D eigenvalue weighted by Crippen LogP contribution is 2.86. The predicted octanol–water partition coefficient (Wildman–Crippen LogP) is 7.20. The second-order valence-electron chi connectivity index (χ2n) is 15.8. The fraction of sp³-hybridized carbons (Fsp3) is 0.419. The molecule has 3 aliphatic heterocycles. The molecular formula is C43H44BrN7O4. The quantitative estimate of drug-likeness (QED) is 0.149. The van der Waals surface area contributed by atoms with Gasteiger partial charge in [0.25, 0.3) is 0 Å². The Morgan fingerprint density at radius 2 is 1.67 bits per heavy atom. The second-order valence-corrected chi connectivity index (χ2v) is 16.7. The first-order chi connectivity index (χ1) is 26.6. The monoisotopic (exact) mass is 801 g/mol. The van der Waals surface area contributed by atoms with Crippen LogP contribution >= 0.6 is 15.9 Å². The number of carbonyl (C=O) groups is 3. The number of aromatic nitrogens is 5. The Kier molecular flexibility index (Phi) is 9.16. The lowest BCUT2D eigenvalue weighted by atomic mass is 9.90. The molecule has 12 heteroatoms. The maximum absolute atomic E-state index is 14.7. The van der Waals surface area contributed by atoms with Gasteiger partial charge in [-0.2, -0.15) is 5.10 Å². The van der Waals surface area contributed by atoms with Crippen molar-refractivity contribution in [3.8, 4) is 11.1 Å². The van der Waals surface area contributed by atoms with E-state index in [2.05, 4.69) is 66.5 Å². The van der Waals surface area contributed by atoms with E-state index in [1.807, 2.05) is 32.0 Å². The molecule has 4 fully saturated rings. The standard InChI is InChI=1S/C43H44BrN7O4/c1-24-14-15-33(44)47-41(24)48-42(54)40-43-23-55-22-28-12-9-11-27(16-28)10-7-5-4-6-8-13-29-17-30(31-19-45-26(3)46-20-31)18-32-37(25(2)52)49-50(38(29)32)21-34(53)51(40)39-35(43)36(39)43/h9,11-12,14-20,35-36,39-40H,4-8,10,13,21-23H2,1-3H3,(H,47,48,54)/t35-,36?,39-,40+,43-/m0/s1. The number of carbonyl (C=O) groups excluding carboxylic acids is 3. The highest BCUT2D eigenvalue weighted by Gasteiger charge is 2.95. The summed E-state index contributed by atoms with van der Waals surface area (Å²) in [5.41, 5.74) is 6.67. The van der Waals surface area contributed by atoms with E-state index in [0.717, 1.165) is 78.3 Å². The predicted molar refractivity (Wildman–Crippen MR) is 211 cm³/mol. The fourth-order valence-corrected chi connectivity index (χ4v) is 9.84. The fourth-order valence-electron chi connectivity index (χ4n) is 9.53. The van der Waals surface area contributed by atoms with Gasteiger partial charge in [-0.3, -0.25) is 19.1 Å². The zero-order valence-electron chi connectivity index (χ0n) is 31.3. The van der Waals surface area contributed by atoms with Crippen LogP contribution in [-0.2, 0) is 40.3 Å². The number of nitrogens with zero attached hydrogens (tertiary/aromatic N) is 6. The lowest BCUT2D eigenvalue weighted by Crippen LogP contribution is -2.48. The Bertz CT molecular complexity index is 2350. The normalized spacial score (nSPS) is 24.9. The summed E-state index contributed by atoms with van der Waals surface area (Å²) in [6, 6.07) is 15.7. The first kappa shape index (κ1) is 35.9. The van der Waals surface area contributed by atoms with Gasteiger partial charge in [-0.05, 0) is 113 Å². The van der Waals surface area contributed by atoms with E-state index < -0.39 is 11.5 Å². The van der Waals surface area contributed by atoms with Gasteiger partial charge in [0.1, 0.15) is 34.5 Å². The maximum atomic E-state index is 14.7. The highest BCUT2D eigenvalue weighted by molar-refractivity contribution is 9.10. The van der Waals surface area contributed by atoms with Crippen LogP contribution in [-0.4, -0.2) is 65.9 Å². The van der Waals surface area contributed by atoms with Gasteiger partial charge in [-0.1, -0.05) is 49.6 Å². The molecule has 11 nitrogen and oxygen atoms in total. The minimum absolute atomic E-state index is 0.0358. The van der Waals surface area contributed by atoms with Crippen molar-refractivity contribution >= 4 is 50.2 Å². The number of anilines is 1. The van der Waals surface area contributed by atoms with Crippen LogP contribution in [0.15, 0.2) is 65.5 Å². The number of benzene rings is 2. The molecule has 5 atom stereocenters. The Labute approximate surface area is 328 Å². The SMILES string of the molecule is CC(=O)c1nn2c3c(cc(-c4cnc(C)nc4)cc13)CCCCCCCc1cccc(c1)COC[C@@]13C4[C@H]([C@H]41)N(C(=O)C2)[C@@H]3C(=O)Nc1nc(Br)ccc1C. The number of pyridine rings is 1. The molecule has 2 aliphatic carbocycles. The van der Waals surface area contributed by atoms with E-state index in [1.54, 1.807) is 22.0 Å². The minimum Gasteiger partial charge on any atom is -0.376 e. The Balaban J connectivity index is 1.10. The number of ether oxygens (including phenoxy) is 1. The van der Waals surface area contributed by atoms with E-state index in [4.69, 9.17) is 9.84 Å². The molecule has 6 heterocycles. The third-order valence-electron chi connectivity index (χ3n) is 12.2. The smallest absolute Gasteiger partial charge is 0.249 e. The van der Waals surface area contributed by atoms with Crippen molar-refractivity contribution in [1.29, 1.82) is 0 Å². The topological polar surface area (TPSA) is 132 Å².